The smallest absolute Gasteiger partial charge is 0.335 e. The Morgan fingerprint density at radius 3 is 2.30 bits per heavy atom. The summed E-state index contributed by atoms with van der Waals surface area (Å²) in [6.07, 6.45) is -6.36. The molecule has 46 heavy (non-hydrogen) atoms. The number of likely N-dealkylation sites (tertiary alicyclic amines) is 1. The first kappa shape index (κ1) is 27.1. The molecule has 5 atom stereocenters. The predicted octanol–water partition coefficient (Wildman–Crippen LogP) is 3.64. The molecule has 0 radical (unpaired) electrons. The number of carbonyl (C=O) groups is 2. The average Bonchev–Trinajstić information content (AvgIpc) is 3.47. The molecule has 2 unspecified atom stereocenters. The van der Waals surface area contributed by atoms with Crippen LogP contribution in [0.25, 0.3) is 20.5 Å². The van der Waals surface area contributed by atoms with Crippen molar-refractivity contribution in [2.75, 3.05) is 26.1 Å². The number of piperidine rings is 1. The van der Waals surface area contributed by atoms with Crippen LogP contribution >= 0.6 is 11.3 Å². The molecule has 0 bridgehead atoms. The molecular weight excluding hydrogens is 614 g/mol. The Kier molecular flexibility index (Phi) is 8.11. The van der Waals surface area contributed by atoms with Crippen LogP contribution in [-0.2, 0) is 9.53 Å². The lowest BCUT2D eigenvalue weighted by Gasteiger charge is -2.38. The number of phenolic OH excluding ortho intramolecular Hbond substituents is 1. The molecule has 2 aliphatic rings. The highest BCUT2D eigenvalue weighted by atomic mass is 32.1. The van der Waals surface area contributed by atoms with E-state index in [0.29, 0.717) is 39.2 Å². The summed E-state index contributed by atoms with van der Waals surface area (Å²) in [5, 5.41) is 50.4. The Hall–Kier alpha value is -4.04. The van der Waals surface area contributed by atoms with Gasteiger partial charge >= 0.3 is 5.97 Å². The fourth-order valence-corrected chi connectivity index (χ4v) is 6.69. The molecule has 12 heteroatoms. The normalized spacial score (nSPS) is 25.6. The Morgan fingerprint density at radius 1 is 0.913 bits per heavy atom. The molecule has 4 aromatic rings. The molecule has 3 aromatic carbocycles. The van der Waals surface area contributed by atoms with Gasteiger partial charge in [0.2, 0.25) is 6.29 Å². The van der Waals surface area contributed by atoms with Crippen LogP contribution in [0.5, 0.6) is 17.2 Å². The molecule has 2 saturated heterocycles. The van der Waals surface area contributed by atoms with Gasteiger partial charge in [0.05, 0.1) is 2.74 Å². The number of fused-ring (bicyclic) bond motifs is 1. The molecule has 0 aliphatic carbocycles. The number of phenols is 1. The summed E-state index contributed by atoms with van der Waals surface area (Å²) in [6.45, 7) is -4.21. The molecule has 5 N–H and O–H groups in total. The Morgan fingerprint density at radius 2 is 1.61 bits per heavy atom. The number of benzene rings is 3. The first-order valence-corrected chi connectivity index (χ1v) is 15.5. The molecule has 0 amide bonds. The van der Waals surface area contributed by atoms with Crippen molar-refractivity contribution in [2.45, 2.75) is 50.0 Å². The van der Waals surface area contributed by atoms with Crippen LogP contribution in [0.3, 0.4) is 0 Å². The lowest BCUT2D eigenvalue weighted by Crippen LogP contribution is -2.61. The van der Waals surface area contributed by atoms with Gasteiger partial charge in [-0.1, -0.05) is 6.42 Å². The van der Waals surface area contributed by atoms with E-state index in [1.54, 1.807) is 18.2 Å². The van der Waals surface area contributed by atoms with Gasteiger partial charge in [-0.25, -0.2) is 4.79 Å². The zero-order valence-electron chi connectivity index (χ0n) is 28.4. The van der Waals surface area contributed by atoms with Gasteiger partial charge < -0.3 is 39.7 Å². The molecule has 2 fully saturated rings. The van der Waals surface area contributed by atoms with Crippen molar-refractivity contribution in [3.8, 4) is 27.7 Å². The zero-order valence-corrected chi connectivity index (χ0v) is 25.2. The Labute approximate surface area is 274 Å². The number of aliphatic carboxylic acids is 1. The standard InChI is InChI=1S/C34H35NO10S/c36-21-8-13-24-25(18-21)46-32(20-6-11-23(12-7-20)44-34-30(40)28(38)29(39)31(45-34)33(41)42)26(24)27(37)19-4-9-22(10-5-19)43-17-16-35-14-2-1-3-15-35/h4-13,18,28-31,34,36,38-40H,1-3,14-17H2,(H,41,42)/t28-,29+,30?,31?,34-/m1/s1/i16D2,17D2. The Bertz CT molecular complexity index is 1860. The minimum absolute atomic E-state index is 0.00578. The van der Waals surface area contributed by atoms with Crippen molar-refractivity contribution >= 4 is 33.2 Å². The second-order valence-electron chi connectivity index (χ2n) is 11.1. The topological polar surface area (TPSA) is 166 Å². The molecule has 2 aliphatic heterocycles. The largest absolute Gasteiger partial charge is 0.508 e. The van der Waals surface area contributed by atoms with Crippen LogP contribution in [0.15, 0.2) is 66.7 Å². The number of aliphatic hydroxyl groups excluding tert-OH is 3. The molecule has 3 heterocycles. The minimum atomic E-state index is -2.68. The van der Waals surface area contributed by atoms with Crippen LogP contribution in [0.1, 0.15) is 40.7 Å². The number of thiophene rings is 1. The maximum atomic E-state index is 14.1. The fraction of sp³-hybridized carbons (Fsp3) is 0.353. The second-order valence-corrected chi connectivity index (χ2v) is 12.1. The molecule has 1 aromatic heterocycles. The molecule has 0 spiro atoms. The number of aliphatic hydroxyl groups is 3. The highest BCUT2D eigenvalue weighted by molar-refractivity contribution is 7.22. The van der Waals surface area contributed by atoms with Crippen molar-refractivity contribution in [1.29, 1.82) is 0 Å². The first-order valence-electron chi connectivity index (χ1n) is 16.7. The van der Waals surface area contributed by atoms with E-state index < -0.39 is 49.7 Å². The number of carboxylic acid groups (broad SMARTS) is 1. The number of hydrogen-bond acceptors (Lipinski definition) is 11. The number of nitrogens with zero attached hydrogens (tertiary/aromatic N) is 1. The number of hydrogen-bond donors (Lipinski definition) is 5. The summed E-state index contributed by atoms with van der Waals surface area (Å²) in [4.78, 5) is 27.5. The number of carboxylic acids is 1. The third kappa shape index (κ3) is 6.73. The van der Waals surface area contributed by atoms with E-state index in [1.807, 2.05) is 0 Å². The second kappa shape index (κ2) is 13.8. The van der Waals surface area contributed by atoms with E-state index in [2.05, 4.69) is 0 Å². The molecule has 242 valence electrons. The average molecular weight is 654 g/mol. The van der Waals surface area contributed by atoms with Gasteiger partial charge in [0.15, 0.2) is 11.9 Å². The van der Waals surface area contributed by atoms with Crippen molar-refractivity contribution in [3.05, 3.63) is 77.9 Å². The minimum Gasteiger partial charge on any atom is -0.508 e. The van der Waals surface area contributed by atoms with Gasteiger partial charge in [0.25, 0.3) is 0 Å². The van der Waals surface area contributed by atoms with Gasteiger partial charge in [0.1, 0.15) is 42.1 Å². The van der Waals surface area contributed by atoms with Crippen molar-refractivity contribution in [3.63, 3.8) is 0 Å². The summed E-state index contributed by atoms with van der Waals surface area (Å²) in [6, 6.07) is 16.6. The van der Waals surface area contributed by atoms with Crippen molar-refractivity contribution < 1.29 is 54.8 Å². The first-order chi connectivity index (χ1) is 23.7. The maximum absolute atomic E-state index is 14.1. The quantitative estimate of drug-likeness (QED) is 0.159. The number of aromatic hydroxyl groups is 1. The van der Waals surface area contributed by atoms with Gasteiger partial charge in [-0.05, 0) is 98.2 Å². The van der Waals surface area contributed by atoms with Crippen LogP contribution < -0.4 is 9.47 Å². The van der Waals surface area contributed by atoms with E-state index in [-0.39, 0.29) is 28.6 Å². The summed E-state index contributed by atoms with van der Waals surface area (Å²) in [7, 11) is 0. The number of carbonyl (C=O) groups excluding carboxylic acids is 1. The van der Waals surface area contributed by atoms with E-state index in [9.17, 15) is 35.1 Å². The highest BCUT2D eigenvalue weighted by Gasteiger charge is 2.48. The number of ketones is 1. The monoisotopic (exact) mass is 653 g/mol. The van der Waals surface area contributed by atoms with Crippen LogP contribution in [-0.4, -0.2) is 99.0 Å². The third-order valence-corrected chi connectivity index (χ3v) is 9.13. The third-order valence-electron chi connectivity index (χ3n) is 7.93. The van der Waals surface area contributed by atoms with E-state index in [0.717, 1.165) is 19.3 Å². The van der Waals surface area contributed by atoms with E-state index in [1.165, 1.54) is 64.8 Å². The van der Waals surface area contributed by atoms with Crippen LogP contribution in [0.4, 0.5) is 0 Å². The van der Waals surface area contributed by atoms with Gasteiger partial charge in [0, 0.05) is 35.3 Å². The predicted molar refractivity (Wildman–Crippen MR) is 170 cm³/mol. The highest BCUT2D eigenvalue weighted by Crippen LogP contribution is 2.42. The SMILES string of the molecule is [2H]C([2H])(Oc1ccc(C(=O)c2c(-c3ccc(O[C@@H]4OC(C(=O)O)[C@@H](O)[C@@H](O)C4O)cc3)sc3cc(O)ccc23)cc1)C([2H])([2H])N1CCCCC1. The van der Waals surface area contributed by atoms with Crippen molar-refractivity contribution in [2.24, 2.45) is 0 Å². The summed E-state index contributed by atoms with van der Waals surface area (Å²) in [5.41, 5.74) is 1.16. The van der Waals surface area contributed by atoms with Gasteiger partial charge in [-0.15, -0.1) is 11.3 Å². The zero-order chi connectivity index (χ0) is 36.0. The lowest BCUT2D eigenvalue weighted by molar-refractivity contribution is -0.271. The Balaban J connectivity index is 1.25. The molecule has 6 rings (SSSR count). The maximum Gasteiger partial charge on any atom is 0.335 e. The molecular formula is C34H35NO10S. The molecule has 11 nitrogen and oxygen atoms in total. The fourth-order valence-electron chi connectivity index (χ4n) is 5.45. The van der Waals surface area contributed by atoms with E-state index >= 15 is 0 Å². The number of rotatable bonds is 10. The van der Waals surface area contributed by atoms with Crippen molar-refractivity contribution in [1.82, 2.24) is 4.90 Å². The summed E-state index contributed by atoms with van der Waals surface area (Å²) >= 11 is 1.25. The molecule has 0 saturated carbocycles. The lowest BCUT2D eigenvalue weighted by atomic mass is 9.97. The number of ether oxygens (including phenoxy) is 3. The van der Waals surface area contributed by atoms with Gasteiger partial charge in [-0.3, -0.25) is 9.69 Å². The van der Waals surface area contributed by atoms with Crippen LogP contribution in [0, 0.1) is 0 Å². The summed E-state index contributed by atoms with van der Waals surface area (Å²) < 4.78 is 50.6. The van der Waals surface area contributed by atoms with Crippen LogP contribution in [0.2, 0.25) is 0 Å². The summed E-state index contributed by atoms with van der Waals surface area (Å²) in [5.74, 6) is -1.73. The van der Waals surface area contributed by atoms with E-state index in [4.69, 9.17) is 19.7 Å². The van der Waals surface area contributed by atoms with Gasteiger partial charge in [-0.2, -0.15) is 0 Å².